The van der Waals surface area contributed by atoms with Crippen molar-refractivity contribution in [2.45, 2.75) is 58.9 Å². The summed E-state index contributed by atoms with van der Waals surface area (Å²) in [7, 11) is 0. The fourth-order valence-electron chi connectivity index (χ4n) is 2.51. The molecule has 1 heterocycles. The van der Waals surface area contributed by atoms with E-state index in [4.69, 9.17) is 10.2 Å². The van der Waals surface area contributed by atoms with Gasteiger partial charge in [0.25, 0.3) is 0 Å². The lowest BCUT2D eigenvalue weighted by Crippen LogP contribution is -2.15. The minimum Gasteiger partial charge on any atom is -0.459 e. The Labute approximate surface area is 116 Å². The summed E-state index contributed by atoms with van der Waals surface area (Å²) in [5.74, 6) is 0.948. The highest BCUT2D eigenvalue weighted by atomic mass is 16.3. The summed E-state index contributed by atoms with van der Waals surface area (Å²) in [6.07, 6.45) is 3.28. The van der Waals surface area contributed by atoms with Crippen LogP contribution in [0.4, 0.5) is 0 Å². The second kappa shape index (κ2) is 5.38. The van der Waals surface area contributed by atoms with Crippen molar-refractivity contribution < 1.29 is 4.42 Å². The molecule has 2 aromatic rings. The van der Waals surface area contributed by atoms with E-state index in [0.717, 1.165) is 30.6 Å². The average molecular weight is 259 g/mol. The highest BCUT2D eigenvalue weighted by molar-refractivity contribution is 5.83. The van der Waals surface area contributed by atoms with Gasteiger partial charge in [0, 0.05) is 10.9 Å². The Balaban J connectivity index is 2.60. The summed E-state index contributed by atoms with van der Waals surface area (Å²) in [5.41, 5.74) is 9.66. The van der Waals surface area contributed by atoms with E-state index in [2.05, 4.69) is 45.9 Å². The smallest absolute Gasteiger partial charge is 0.134 e. The van der Waals surface area contributed by atoms with Crippen LogP contribution in [0.25, 0.3) is 11.0 Å². The zero-order chi connectivity index (χ0) is 14.0. The molecule has 104 valence electrons. The normalized spacial score (nSPS) is 12.3. The Morgan fingerprint density at radius 3 is 2.53 bits per heavy atom. The molecule has 0 aliphatic rings. The molecule has 0 atom stereocenters. The van der Waals surface area contributed by atoms with Gasteiger partial charge in [-0.1, -0.05) is 40.2 Å². The van der Waals surface area contributed by atoms with E-state index in [1.807, 2.05) is 0 Å². The summed E-state index contributed by atoms with van der Waals surface area (Å²) in [6, 6.07) is 6.58. The first-order valence-corrected chi connectivity index (χ1v) is 7.28. The summed E-state index contributed by atoms with van der Waals surface area (Å²) in [6.45, 7) is 9.49. The third-order valence-corrected chi connectivity index (χ3v) is 4.23. The van der Waals surface area contributed by atoms with Gasteiger partial charge in [0.1, 0.15) is 11.3 Å². The van der Waals surface area contributed by atoms with Crippen LogP contribution in [-0.4, -0.2) is 0 Å². The maximum absolute atomic E-state index is 5.88. The van der Waals surface area contributed by atoms with Crippen LogP contribution < -0.4 is 5.73 Å². The predicted molar refractivity (Wildman–Crippen MR) is 81.4 cm³/mol. The first-order chi connectivity index (χ1) is 9.03. The lowest BCUT2D eigenvalue weighted by atomic mass is 9.81. The molecule has 0 bridgehead atoms. The number of nitrogens with two attached hydrogens (primary N) is 1. The van der Waals surface area contributed by atoms with E-state index in [1.165, 1.54) is 16.5 Å². The molecule has 1 aromatic heterocycles. The van der Waals surface area contributed by atoms with Crippen molar-refractivity contribution in [2.75, 3.05) is 0 Å². The van der Waals surface area contributed by atoms with Crippen LogP contribution >= 0.6 is 0 Å². The van der Waals surface area contributed by atoms with Gasteiger partial charge in [-0.05, 0) is 36.0 Å². The fourth-order valence-corrected chi connectivity index (χ4v) is 2.51. The maximum atomic E-state index is 5.88. The monoisotopic (exact) mass is 259 g/mol. The van der Waals surface area contributed by atoms with Crippen LogP contribution in [0, 0.1) is 0 Å². The van der Waals surface area contributed by atoms with E-state index in [0.29, 0.717) is 6.54 Å². The average Bonchev–Trinajstić information content (AvgIpc) is 2.76. The molecule has 0 fully saturated rings. The summed E-state index contributed by atoms with van der Waals surface area (Å²) >= 11 is 0. The molecular weight excluding hydrogens is 234 g/mol. The second-order valence-electron chi connectivity index (χ2n) is 5.91. The molecule has 0 amide bonds. The number of aryl methyl sites for hydroxylation is 1. The number of fused-ring (bicyclic) bond motifs is 1. The zero-order valence-electron chi connectivity index (χ0n) is 12.5. The van der Waals surface area contributed by atoms with Crippen molar-refractivity contribution >= 4 is 11.0 Å². The Hall–Kier alpha value is -1.28. The first kappa shape index (κ1) is 14.1. The first-order valence-electron chi connectivity index (χ1n) is 7.28. The largest absolute Gasteiger partial charge is 0.459 e. The lowest BCUT2D eigenvalue weighted by Gasteiger charge is -2.23. The lowest BCUT2D eigenvalue weighted by molar-refractivity contribution is 0.506. The van der Waals surface area contributed by atoms with Gasteiger partial charge in [0.15, 0.2) is 0 Å². The quantitative estimate of drug-likeness (QED) is 0.856. The predicted octanol–water partition coefficient (Wildman–Crippen LogP) is 4.53. The Morgan fingerprint density at radius 1 is 1.21 bits per heavy atom. The van der Waals surface area contributed by atoms with Crippen molar-refractivity contribution in [3.63, 3.8) is 0 Å². The highest BCUT2D eigenvalue weighted by Crippen LogP contribution is 2.33. The van der Waals surface area contributed by atoms with Crippen LogP contribution in [0.5, 0.6) is 0 Å². The minimum atomic E-state index is 0.206. The Morgan fingerprint density at radius 2 is 1.95 bits per heavy atom. The molecule has 0 spiro atoms. The molecule has 0 saturated heterocycles. The zero-order valence-corrected chi connectivity index (χ0v) is 12.5. The molecule has 1 aromatic carbocycles. The van der Waals surface area contributed by atoms with E-state index < -0.39 is 0 Å². The number of rotatable bonds is 5. The molecule has 0 saturated carbocycles. The van der Waals surface area contributed by atoms with Crippen molar-refractivity contribution in [3.05, 3.63) is 35.1 Å². The van der Waals surface area contributed by atoms with Crippen LogP contribution in [0.3, 0.4) is 0 Å². The van der Waals surface area contributed by atoms with Crippen LogP contribution in [0.1, 0.15) is 57.4 Å². The molecule has 2 nitrogen and oxygen atoms in total. The van der Waals surface area contributed by atoms with E-state index in [1.54, 1.807) is 0 Å². The van der Waals surface area contributed by atoms with Crippen LogP contribution in [0.15, 0.2) is 22.6 Å². The van der Waals surface area contributed by atoms with E-state index >= 15 is 0 Å². The van der Waals surface area contributed by atoms with Gasteiger partial charge in [0.05, 0.1) is 6.54 Å². The summed E-state index contributed by atoms with van der Waals surface area (Å²) < 4.78 is 5.88. The molecule has 2 rings (SSSR count). The molecule has 19 heavy (non-hydrogen) atoms. The van der Waals surface area contributed by atoms with Gasteiger partial charge in [-0.25, -0.2) is 0 Å². The van der Waals surface area contributed by atoms with Crippen molar-refractivity contribution in [3.8, 4) is 0 Å². The van der Waals surface area contributed by atoms with E-state index in [9.17, 15) is 0 Å². The van der Waals surface area contributed by atoms with Crippen molar-refractivity contribution in [1.82, 2.24) is 0 Å². The third kappa shape index (κ3) is 2.55. The molecule has 0 aliphatic heterocycles. The minimum absolute atomic E-state index is 0.206. The standard InChI is InChI=1S/C17H25NO/c1-5-7-13-14-10-12(17(3,4)6-2)8-9-15(14)19-16(13)11-18/h8-10H,5-7,11,18H2,1-4H3. The number of hydrogen-bond acceptors (Lipinski definition) is 2. The molecule has 2 N–H and O–H groups in total. The van der Waals surface area contributed by atoms with Crippen molar-refractivity contribution in [1.29, 1.82) is 0 Å². The molecule has 0 radical (unpaired) electrons. The summed E-state index contributed by atoms with van der Waals surface area (Å²) in [4.78, 5) is 0. The molecule has 0 unspecified atom stereocenters. The Bertz CT molecular complexity index is 566. The number of benzene rings is 1. The maximum Gasteiger partial charge on any atom is 0.134 e. The van der Waals surface area contributed by atoms with Crippen LogP contribution in [0.2, 0.25) is 0 Å². The van der Waals surface area contributed by atoms with Gasteiger partial charge in [-0.2, -0.15) is 0 Å². The fraction of sp³-hybridized carbons (Fsp3) is 0.529. The van der Waals surface area contributed by atoms with Gasteiger partial charge in [0.2, 0.25) is 0 Å². The van der Waals surface area contributed by atoms with E-state index in [-0.39, 0.29) is 5.41 Å². The highest BCUT2D eigenvalue weighted by Gasteiger charge is 2.20. The topological polar surface area (TPSA) is 39.2 Å². The van der Waals surface area contributed by atoms with Crippen molar-refractivity contribution in [2.24, 2.45) is 5.73 Å². The molecule has 0 aliphatic carbocycles. The Kier molecular flexibility index (Phi) is 4.00. The SMILES string of the molecule is CCCc1c(CN)oc2ccc(C(C)(C)CC)cc12. The molecule has 2 heteroatoms. The number of hydrogen-bond donors (Lipinski definition) is 1. The third-order valence-electron chi connectivity index (χ3n) is 4.23. The van der Waals surface area contributed by atoms with Gasteiger partial charge < -0.3 is 10.2 Å². The number of furan rings is 1. The van der Waals surface area contributed by atoms with Crippen LogP contribution in [-0.2, 0) is 18.4 Å². The second-order valence-corrected chi connectivity index (χ2v) is 5.91. The van der Waals surface area contributed by atoms with Gasteiger partial charge in [-0.3, -0.25) is 0 Å². The molecular formula is C17H25NO. The summed E-state index contributed by atoms with van der Waals surface area (Å²) in [5, 5.41) is 1.25. The van der Waals surface area contributed by atoms with Gasteiger partial charge >= 0.3 is 0 Å². The van der Waals surface area contributed by atoms with Gasteiger partial charge in [-0.15, -0.1) is 0 Å².